The summed E-state index contributed by atoms with van der Waals surface area (Å²) in [5.41, 5.74) is 0.621. The number of carbonyl (C=O) groups excluding carboxylic acids is 1. The molecule has 0 unspecified atom stereocenters. The molecule has 1 aromatic heterocycles. The van der Waals surface area contributed by atoms with Crippen molar-refractivity contribution in [1.82, 2.24) is 14.8 Å². The van der Waals surface area contributed by atoms with Gasteiger partial charge < -0.3 is 15.1 Å². The fourth-order valence-corrected chi connectivity index (χ4v) is 2.85. The average molecular weight is 355 g/mol. The molecule has 0 saturated carbocycles. The van der Waals surface area contributed by atoms with Gasteiger partial charge in [0, 0.05) is 37.4 Å². The standard InChI is InChI=1S/C15H23BrN4O/c1-3-17-14-13(10-12(16)11-18-14)15(21)19(2)8-9-20-6-4-5-7-20/h10-11H,3-9H2,1-2H3,(H,17,18). The van der Waals surface area contributed by atoms with Crippen LogP contribution in [0.4, 0.5) is 5.82 Å². The Hall–Kier alpha value is -1.14. The SMILES string of the molecule is CCNc1ncc(Br)cc1C(=O)N(C)CCN1CCCC1. The second kappa shape index (κ2) is 7.75. The van der Waals surface area contributed by atoms with Gasteiger partial charge in [-0.25, -0.2) is 4.98 Å². The molecule has 2 heterocycles. The molecule has 1 aromatic rings. The van der Waals surface area contributed by atoms with Gasteiger partial charge in [-0.2, -0.15) is 0 Å². The molecular formula is C15H23BrN4O. The number of carbonyl (C=O) groups is 1. The molecule has 1 fully saturated rings. The maximum absolute atomic E-state index is 12.6. The lowest BCUT2D eigenvalue weighted by molar-refractivity contribution is 0.0783. The number of rotatable bonds is 6. The van der Waals surface area contributed by atoms with Crippen LogP contribution in [0.25, 0.3) is 0 Å². The molecule has 0 bridgehead atoms. The zero-order valence-electron chi connectivity index (χ0n) is 12.7. The van der Waals surface area contributed by atoms with E-state index in [1.54, 1.807) is 11.1 Å². The molecule has 5 nitrogen and oxygen atoms in total. The summed E-state index contributed by atoms with van der Waals surface area (Å²) < 4.78 is 0.820. The maximum atomic E-state index is 12.6. The first-order valence-corrected chi connectivity index (χ1v) is 8.28. The summed E-state index contributed by atoms with van der Waals surface area (Å²) in [5, 5.41) is 3.15. The van der Waals surface area contributed by atoms with Crippen LogP contribution < -0.4 is 5.32 Å². The van der Waals surface area contributed by atoms with Crippen molar-refractivity contribution in [1.29, 1.82) is 0 Å². The number of hydrogen-bond acceptors (Lipinski definition) is 4. The molecule has 1 amide bonds. The Kier molecular flexibility index (Phi) is 5.99. The minimum absolute atomic E-state index is 0.0129. The molecule has 6 heteroatoms. The van der Waals surface area contributed by atoms with Crippen molar-refractivity contribution < 1.29 is 4.79 Å². The van der Waals surface area contributed by atoms with Crippen molar-refractivity contribution in [3.63, 3.8) is 0 Å². The van der Waals surface area contributed by atoms with E-state index in [0.717, 1.165) is 37.2 Å². The van der Waals surface area contributed by atoms with Gasteiger partial charge in [0.2, 0.25) is 0 Å². The third kappa shape index (κ3) is 4.41. The van der Waals surface area contributed by atoms with Crippen molar-refractivity contribution in [2.45, 2.75) is 19.8 Å². The fourth-order valence-electron chi connectivity index (χ4n) is 2.52. The number of amides is 1. The van der Waals surface area contributed by atoms with E-state index in [1.807, 2.05) is 20.0 Å². The van der Waals surface area contributed by atoms with Crippen LogP contribution in [-0.2, 0) is 0 Å². The van der Waals surface area contributed by atoms with Gasteiger partial charge in [-0.05, 0) is 54.9 Å². The predicted molar refractivity (Wildman–Crippen MR) is 88.7 cm³/mol. The fraction of sp³-hybridized carbons (Fsp3) is 0.600. The first-order chi connectivity index (χ1) is 10.1. The van der Waals surface area contributed by atoms with E-state index < -0.39 is 0 Å². The van der Waals surface area contributed by atoms with Crippen LogP contribution in [-0.4, -0.2) is 60.5 Å². The van der Waals surface area contributed by atoms with Crippen molar-refractivity contribution in [2.24, 2.45) is 0 Å². The lowest BCUT2D eigenvalue weighted by atomic mass is 10.2. The van der Waals surface area contributed by atoms with Crippen molar-refractivity contribution >= 4 is 27.7 Å². The van der Waals surface area contributed by atoms with Crippen LogP contribution in [0.2, 0.25) is 0 Å². The van der Waals surface area contributed by atoms with Gasteiger partial charge in [-0.3, -0.25) is 4.79 Å². The Morgan fingerprint density at radius 2 is 2.19 bits per heavy atom. The Morgan fingerprint density at radius 3 is 2.86 bits per heavy atom. The zero-order valence-corrected chi connectivity index (χ0v) is 14.3. The van der Waals surface area contributed by atoms with Crippen LogP contribution in [0, 0.1) is 0 Å². The molecule has 2 rings (SSSR count). The van der Waals surface area contributed by atoms with Gasteiger partial charge in [0.15, 0.2) is 0 Å². The quantitative estimate of drug-likeness (QED) is 0.852. The van der Waals surface area contributed by atoms with E-state index in [2.05, 4.69) is 31.1 Å². The summed E-state index contributed by atoms with van der Waals surface area (Å²) in [6.45, 7) is 6.74. The van der Waals surface area contributed by atoms with E-state index in [4.69, 9.17) is 0 Å². The van der Waals surface area contributed by atoms with Crippen LogP contribution >= 0.6 is 15.9 Å². The van der Waals surface area contributed by atoms with Gasteiger partial charge in [0.1, 0.15) is 5.82 Å². The molecule has 0 radical (unpaired) electrons. The lowest BCUT2D eigenvalue weighted by Crippen LogP contribution is -2.35. The molecule has 116 valence electrons. The van der Waals surface area contributed by atoms with Crippen LogP contribution in [0.3, 0.4) is 0 Å². The number of likely N-dealkylation sites (tertiary alicyclic amines) is 1. The summed E-state index contributed by atoms with van der Waals surface area (Å²) in [6.07, 6.45) is 4.26. The Morgan fingerprint density at radius 1 is 1.48 bits per heavy atom. The summed E-state index contributed by atoms with van der Waals surface area (Å²) in [5.74, 6) is 0.665. The topological polar surface area (TPSA) is 48.5 Å². The third-order valence-corrected chi connectivity index (χ3v) is 4.16. The second-order valence-electron chi connectivity index (χ2n) is 5.36. The molecular weight excluding hydrogens is 332 g/mol. The highest BCUT2D eigenvalue weighted by molar-refractivity contribution is 9.10. The highest BCUT2D eigenvalue weighted by Gasteiger charge is 2.19. The van der Waals surface area contributed by atoms with E-state index >= 15 is 0 Å². The Balaban J connectivity index is 2.01. The molecule has 21 heavy (non-hydrogen) atoms. The molecule has 1 saturated heterocycles. The minimum atomic E-state index is 0.0129. The normalized spacial score (nSPS) is 15.2. The Bertz CT molecular complexity index is 489. The Labute approximate surface area is 134 Å². The van der Waals surface area contributed by atoms with Crippen LogP contribution in [0.15, 0.2) is 16.7 Å². The molecule has 1 aliphatic rings. The zero-order chi connectivity index (χ0) is 15.2. The van der Waals surface area contributed by atoms with Gasteiger partial charge in [0.25, 0.3) is 5.91 Å². The van der Waals surface area contributed by atoms with E-state index in [-0.39, 0.29) is 5.91 Å². The smallest absolute Gasteiger partial charge is 0.257 e. The third-order valence-electron chi connectivity index (χ3n) is 3.73. The summed E-state index contributed by atoms with van der Waals surface area (Å²) in [4.78, 5) is 21.1. The maximum Gasteiger partial charge on any atom is 0.257 e. The first kappa shape index (κ1) is 16.2. The number of halogens is 1. The number of anilines is 1. The van der Waals surface area contributed by atoms with Gasteiger partial charge in [-0.15, -0.1) is 0 Å². The van der Waals surface area contributed by atoms with Crippen molar-refractivity contribution in [2.75, 3.05) is 45.1 Å². The number of aromatic nitrogens is 1. The predicted octanol–water partition coefficient (Wildman–Crippen LogP) is 2.44. The molecule has 1 N–H and O–H groups in total. The van der Waals surface area contributed by atoms with Crippen LogP contribution in [0.5, 0.6) is 0 Å². The first-order valence-electron chi connectivity index (χ1n) is 7.49. The summed E-state index contributed by atoms with van der Waals surface area (Å²) in [6, 6.07) is 1.83. The van der Waals surface area contributed by atoms with Crippen molar-refractivity contribution in [3.8, 4) is 0 Å². The largest absolute Gasteiger partial charge is 0.370 e. The van der Waals surface area contributed by atoms with E-state index in [1.165, 1.54) is 12.8 Å². The molecule has 0 aliphatic carbocycles. The van der Waals surface area contributed by atoms with Gasteiger partial charge in [-0.1, -0.05) is 0 Å². The van der Waals surface area contributed by atoms with Gasteiger partial charge in [0.05, 0.1) is 5.56 Å². The molecule has 0 atom stereocenters. The lowest BCUT2D eigenvalue weighted by Gasteiger charge is -2.22. The summed E-state index contributed by atoms with van der Waals surface area (Å²) in [7, 11) is 1.86. The highest BCUT2D eigenvalue weighted by atomic mass is 79.9. The molecule has 0 aromatic carbocycles. The van der Waals surface area contributed by atoms with Crippen molar-refractivity contribution in [3.05, 3.63) is 22.3 Å². The molecule has 0 spiro atoms. The van der Waals surface area contributed by atoms with E-state index in [0.29, 0.717) is 11.4 Å². The molecule has 1 aliphatic heterocycles. The highest BCUT2D eigenvalue weighted by Crippen LogP contribution is 2.19. The second-order valence-corrected chi connectivity index (χ2v) is 6.27. The monoisotopic (exact) mass is 354 g/mol. The number of nitrogens with one attached hydrogen (secondary N) is 1. The minimum Gasteiger partial charge on any atom is -0.370 e. The number of hydrogen-bond donors (Lipinski definition) is 1. The summed E-state index contributed by atoms with van der Waals surface area (Å²) >= 11 is 3.39. The number of nitrogens with zero attached hydrogens (tertiary/aromatic N) is 3. The number of likely N-dealkylation sites (N-methyl/N-ethyl adjacent to an activating group) is 1. The average Bonchev–Trinajstić information content (AvgIpc) is 2.99. The van der Waals surface area contributed by atoms with E-state index in [9.17, 15) is 4.79 Å². The number of pyridine rings is 1. The van der Waals surface area contributed by atoms with Gasteiger partial charge >= 0.3 is 0 Å². The van der Waals surface area contributed by atoms with Crippen LogP contribution in [0.1, 0.15) is 30.1 Å².